The van der Waals surface area contributed by atoms with E-state index in [1.165, 1.54) is 0 Å². The van der Waals surface area contributed by atoms with Gasteiger partial charge in [-0.2, -0.15) is 0 Å². The molecule has 0 spiro atoms. The second-order valence-electron chi connectivity index (χ2n) is 0.513. The van der Waals surface area contributed by atoms with E-state index in [-0.39, 0.29) is 0 Å². The Kier molecular flexibility index (Phi) is 7.63. The fourth-order valence-corrected chi connectivity index (χ4v) is 0. The molecule has 3 N–H and O–H groups in total. The van der Waals surface area contributed by atoms with Crippen LogP contribution in [-0.4, -0.2) is 14.7 Å². The minimum atomic E-state index is -4.64. The van der Waals surface area contributed by atoms with E-state index in [1.54, 1.807) is 0 Å². The van der Waals surface area contributed by atoms with Gasteiger partial charge in [0, 0.05) is 0 Å². The van der Waals surface area contributed by atoms with Crippen molar-refractivity contribution in [3.63, 3.8) is 0 Å². The molecule has 0 bridgehead atoms. The predicted octanol–water partition coefficient (Wildman–Crippen LogP) is -0.283. The Morgan fingerprint density at radius 1 is 1.29 bits per heavy atom. The van der Waals surface area contributed by atoms with Gasteiger partial charge in [0.05, 0.1) is 0 Å². The molecule has 0 saturated carbocycles. The van der Waals surface area contributed by atoms with Crippen LogP contribution in [0.15, 0.2) is 0 Å². The average molecular weight is 189 g/mol. The minimum absolute atomic E-state index is 3.46. The molecule has 4 nitrogen and oxygen atoms in total. The van der Waals surface area contributed by atoms with Gasteiger partial charge in [-0.05, 0) is 0 Å². The summed E-state index contributed by atoms with van der Waals surface area (Å²) in [6.45, 7) is 0. The van der Waals surface area contributed by atoms with Crippen molar-refractivity contribution in [2.75, 3.05) is 0 Å². The quantitative estimate of drug-likeness (QED) is 0.360. The Morgan fingerprint density at radius 3 is 1.29 bits per heavy atom. The number of hydrogen-bond donors (Lipinski definition) is 3. The van der Waals surface area contributed by atoms with Crippen LogP contribution in [0.3, 0.4) is 0 Å². The van der Waals surface area contributed by atoms with E-state index in [9.17, 15) is 0 Å². The standard InChI is InChI=1S/Ni.H3O4P.S/c;1-5(2,3)4;/h;(H3,1,2,3,4);. The molecule has 0 radical (unpaired) electrons. The van der Waals surface area contributed by atoms with Gasteiger partial charge in [-0.3, -0.25) is 0 Å². The first-order valence-electron chi connectivity index (χ1n) is 0.912. The van der Waals surface area contributed by atoms with Crippen LogP contribution < -0.4 is 0 Å². The van der Waals surface area contributed by atoms with Crippen LogP contribution >= 0.6 is 18.5 Å². The van der Waals surface area contributed by atoms with Crippen molar-refractivity contribution >= 4 is 18.5 Å². The van der Waals surface area contributed by atoms with Crippen molar-refractivity contribution in [1.29, 1.82) is 0 Å². The van der Waals surface area contributed by atoms with Crippen LogP contribution in [0.1, 0.15) is 0 Å². The summed E-state index contributed by atoms with van der Waals surface area (Å²) >= 11 is 3.46. The summed E-state index contributed by atoms with van der Waals surface area (Å²) in [7, 11) is -0.931. The van der Waals surface area contributed by atoms with Crippen molar-refractivity contribution in [3.05, 3.63) is 0 Å². The molecule has 48 valence electrons. The maximum absolute atomic E-state index is 8.88. The van der Waals surface area contributed by atoms with Crippen LogP contribution in [-0.2, 0) is 18.4 Å². The summed E-state index contributed by atoms with van der Waals surface area (Å²) in [4.78, 5) is 21.6. The molecule has 0 amide bonds. The van der Waals surface area contributed by atoms with Gasteiger partial charge in [0.2, 0.25) is 0 Å². The number of phosphoric acid groups is 1. The zero-order chi connectivity index (χ0) is 6.50. The van der Waals surface area contributed by atoms with Crippen molar-refractivity contribution in [2.24, 2.45) is 0 Å². The fraction of sp³-hybridized carbons (Fsp3) is 0. The van der Waals surface area contributed by atoms with Crippen LogP contribution in [0.5, 0.6) is 0 Å². The molecule has 7 heavy (non-hydrogen) atoms. The third-order valence-corrected chi connectivity index (χ3v) is 0. The first kappa shape index (κ1) is 10.7. The van der Waals surface area contributed by atoms with E-state index in [2.05, 4.69) is 24.5 Å². The summed E-state index contributed by atoms with van der Waals surface area (Å²) in [5.74, 6) is 0. The molecule has 0 aliphatic rings. The molecule has 0 aromatic carbocycles. The molecule has 0 aromatic rings. The summed E-state index contributed by atoms with van der Waals surface area (Å²) < 4.78 is 8.88. The predicted molar refractivity (Wildman–Crippen MR) is 21.9 cm³/mol. The number of rotatable bonds is 0. The van der Waals surface area contributed by atoms with Crippen molar-refractivity contribution < 1.29 is 33.1 Å². The van der Waals surface area contributed by atoms with E-state index < -0.39 is 7.82 Å². The molecule has 0 fully saturated rings. The molecule has 0 unspecified atom stereocenters. The van der Waals surface area contributed by atoms with Gasteiger partial charge < -0.3 is 14.7 Å². The number of hydrogen-bond acceptors (Lipinski definition) is 2. The van der Waals surface area contributed by atoms with Crippen molar-refractivity contribution in [3.8, 4) is 0 Å². The average Bonchev–Trinajstić information content (AvgIpc) is 1.36. The molecule has 0 saturated heterocycles. The van der Waals surface area contributed by atoms with Crippen molar-refractivity contribution in [2.45, 2.75) is 0 Å². The molecule has 0 aliphatic heterocycles. The second kappa shape index (κ2) is 4.97. The Morgan fingerprint density at radius 2 is 1.29 bits per heavy atom. The molecule has 7 heteroatoms. The first-order valence-corrected chi connectivity index (χ1v) is 3.94. The Balaban J connectivity index is 0. The second-order valence-corrected chi connectivity index (χ2v) is 1.54. The van der Waals surface area contributed by atoms with E-state index in [0.717, 1.165) is 0 Å². The van der Waals surface area contributed by atoms with E-state index >= 15 is 0 Å². The van der Waals surface area contributed by atoms with E-state index in [1.807, 2.05) is 0 Å². The molecular formula is H3NiO4PS. The summed E-state index contributed by atoms with van der Waals surface area (Å²) in [5.41, 5.74) is 0. The summed E-state index contributed by atoms with van der Waals surface area (Å²) in [5, 5.41) is 0. The molecular weight excluding hydrogens is 186 g/mol. The third-order valence-electron chi connectivity index (χ3n) is 0. The van der Waals surface area contributed by atoms with Crippen LogP contribution in [0.25, 0.3) is 0 Å². The normalized spacial score (nSPS) is 9.29. The SMILES string of the molecule is O=P(O)(O)O.[S]=[Ni]. The first-order chi connectivity index (χ1) is 3.00. The van der Waals surface area contributed by atoms with Gasteiger partial charge in [0.1, 0.15) is 0 Å². The fourth-order valence-electron chi connectivity index (χ4n) is 0. The molecule has 0 heterocycles. The monoisotopic (exact) mass is 188 g/mol. The molecule has 0 atom stereocenters. The summed E-state index contributed by atoms with van der Waals surface area (Å²) in [6, 6.07) is 0. The van der Waals surface area contributed by atoms with Gasteiger partial charge in [0.15, 0.2) is 0 Å². The van der Waals surface area contributed by atoms with Crippen LogP contribution in [0, 0.1) is 0 Å². The van der Waals surface area contributed by atoms with Gasteiger partial charge in [0.25, 0.3) is 0 Å². The topological polar surface area (TPSA) is 77.8 Å². The van der Waals surface area contributed by atoms with E-state index in [4.69, 9.17) is 19.2 Å². The third kappa shape index (κ3) is 234. The van der Waals surface area contributed by atoms with Gasteiger partial charge in [-0.25, -0.2) is 4.57 Å². The van der Waals surface area contributed by atoms with Gasteiger partial charge in [-0.1, -0.05) is 0 Å². The Bertz CT molecular complexity index is 67.5. The summed E-state index contributed by atoms with van der Waals surface area (Å²) in [6.07, 6.45) is 0. The van der Waals surface area contributed by atoms with E-state index in [0.29, 0.717) is 0 Å². The van der Waals surface area contributed by atoms with Crippen molar-refractivity contribution in [1.82, 2.24) is 0 Å². The molecule has 0 aromatic heterocycles. The Hall–Kier alpha value is 0.824. The zero-order valence-electron chi connectivity index (χ0n) is 2.92. The zero-order valence-corrected chi connectivity index (χ0v) is 5.62. The van der Waals surface area contributed by atoms with Gasteiger partial charge >= 0.3 is 32.3 Å². The van der Waals surface area contributed by atoms with Crippen LogP contribution in [0.4, 0.5) is 0 Å². The molecule has 0 aliphatic carbocycles. The van der Waals surface area contributed by atoms with Crippen LogP contribution in [0.2, 0.25) is 0 Å². The molecule has 0 rings (SSSR count). The van der Waals surface area contributed by atoms with Gasteiger partial charge in [-0.15, -0.1) is 0 Å². The Labute approximate surface area is 52.1 Å². The maximum atomic E-state index is 8.88.